The Morgan fingerprint density at radius 1 is 0.657 bits per heavy atom. The number of benzene rings is 4. The summed E-state index contributed by atoms with van der Waals surface area (Å²) < 4.78 is 2.35. The number of hydrogen-bond donors (Lipinski definition) is 1. The molecule has 0 atom stereocenters. The molecule has 1 N–H and O–H groups in total. The Labute approximate surface area is 208 Å². The summed E-state index contributed by atoms with van der Waals surface area (Å²) in [6.07, 6.45) is 6.98. The van der Waals surface area contributed by atoms with Crippen LogP contribution in [0.5, 0.6) is 0 Å². The van der Waals surface area contributed by atoms with Crippen LogP contribution >= 0.6 is 0 Å². The Balaban J connectivity index is 1.71. The Morgan fingerprint density at radius 2 is 1.23 bits per heavy atom. The highest BCUT2D eigenvalue weighted by Gasteiger charge is 2.39. The minimum absolute atomic E-state index is 0.557. The molecule has 1 heterocycles. The van der Waals surface area contributed by atoms with Crippen molar-refractivity contribution in [1.82, 2.24) is 9.55 Å². The molecule has 0 unspecified atom stereocenters. The maximum Gasteiger partial charge on any atom is 0.122 e. The fourth-order valence-corrected chi connectivity index (χ4v) is 5.18. The Hall–Kier alpha value is -3.85. The van der Waals surface area contributed by atoms with E-state index in [1.165, 1.54) is 42.4 Å². The monoisotopic (exact) mass is 459 g/mol. The zero-order valence-corrected chi connectivity index (χ0v) is 20.4. The first kappa shape index (κ1) is 22.9. The van der Waals surface area contributed by atoms with E-state index in [-0.39, 0.29) is 0 Å². The number of nitrogens with one attached hydrogen (secondary N) is 1. The molecule has 0 aliphatic rings. The molecule has 0 saturated carbocycles. The van der Waals surface area contributed by atoms with Gasteiger partial charge in [0.05, 0.1) is 17.5 Å². The van der Waals surface area contributed by atoms with E-state index in [2.05, 4.69) is 126 Å². The minimum Gasteiger partial charge on any atom is -0.383 e. The van der Waals surface area contributed by atoms with E-state index >= 15 is 0 Å². The third kappa shape index (κ3) is 4.35. The third-order valence-electron chi connectivity index (χ3n) is 6.86. The molecule has 0 fully saturated rings. The van der Waals surface area contributed by atoms with Crippen LogP contribution in [0.2, 0.25) is 0 Å². The average molecular weight is 460 g/mol. The lowest BCUT2D eigenvalue weighted by atomic mass is 9.76. The number of aromatic nitrogens is 2. The van der Waals surface area contributed by atoms with Crippen LogP contribution in [-0.4, -0.2) is 16.1 Å². The van der Waals surface area contributed by atoms with Crippen molar-refractivity contribution in [3.8, 4) is 0 Å². The second-order valence-electron chi connectivity index (χ2n) is 9.08. The van der Waals surface area contributed by atoms with Gasteiger partial charge in [-0.15, -0.1) is 0 Å². The molecule has 3 nitrogen and oxygen atoms in total. The Bertz CT molecular complexity index is 1240. The molecule has 1 aromatic heterocycles. The fraction of sp³-hybridized carbons (Fsp3) is 0.219. The predicted octanol–water partition coefficient (Wildman–Crippen LogP) is 7.87. The molecule has 4 aromatic carbocycles. The van der Waals surface area contributed by atoms with Crippen molar-refractivity contribution < 1.29 is 0 Å². The van der Waals surface area contributed by atoms with Gasteiger partial charge < -0.3 is 9.88 Å². The van der Waals surface area contributed by atoms with Crippen LogP contribution in [0.4, 0.5) is 5.69 Å². The second kappa shape index (κ2) is 10.6. The predicted molar refractivity (Wildman–Crippen MR) is 147 cm³/mol. The number of fused-ring (bicyclic) bond motifs is 1. The zero-order valence-electron chi connectivity index (χ0n) is 20.4. The van der Waals surface area contributed by atoms with E-state index in [0.29, 0.717) is 0 Å². The van der Waals surface area contributed by atoms with Crippen LogP contribution in [0.1, 0.15) is 49.3 Å². The van der Waals surface area contributed by atoms with Gasteiger partial charge in [-0.2, -0.15) is 0 Å². The number of hydrogen-bond acceptors (Lipinski definition) is 2. The van der Waals surface area contributed by atoms with Gasteiger partial charge in [0.15, 0.2) is 0 Å². The molecule has 5 rings (SSSR count). The summed E-state index contributed by atoms with van der Waals surface area (Å²) in [6, 6.07) is 38.8. The van der Waals surface area contributed by atoms with Gasteiger partial charge in [0.25, 0.3) is 0 Å². The van der Waals surface area contributed by atoms with Crippen molar-refractivity contribution >= 4 is 16.7 Å². The number of imidazole rings is 1. The number of para-hydroxylation sites is 1. The SMILES string of the molecule is CCCCCCNc1cccc2c1ncn2C(c1ccccc1)(c1ccccc1)c1ccccc1. The summed E-state index contributed by atoms with van der Waals surface area (Å²) in [6.45, 7) is 3.21. The van der Waals surface area contributed by atoms with Gasteiger partial charge in [-0.1, -0.05) is 123 Å². The normalized spacial score (nSPS) is 11.6. The standard InChI is InChI=1S/C32H33N3/c1-2-3-4-14-24-33-29-22-15-23-30-31(29)34-25-35(30)32(26-16-8-5-9-17-26,27-18-10-6-11-19-27)28-20-12-7-13-21-28/h5-13,15-23,25,33H,2-4,14,24H2,1H3. The van der Waals surface area contributed by atoms with Crippen molar-refractivity contribution in [2.45, 2.75) is 38.1 Å². The first-order valence-corrected chi connectivity index (χ1v) is 12.7. The highest BCUT2D eigenvalue weighted by atomic mass is 15.1. The zero-order chi connectivity index (χ0) is 23.9. The molecule has 3 heteroatoms. The minimum atomic E-state index is -0.557. The lowest BCUT2D eigenvalue weighted by Gasteiger charge is -2.38. The first-order chi connectivity index (χ1) is 17.4. The summed E-state index contributed by atoms with van der Waals surface area (Å²) in [5, 5.41) is 3.65. The summed E-state index contributed by atoms with van der Waals surface area (Å²) in [7, 11) is 0. The molecule has 0 radical (unpaired) electrons. The third-order valence-corrected chi connectivity index (χ3v) is 6.86. The van der Waals surface area contributed by atoms with Crippen LogP contribution < -0.4 is 5.32 Å². The molecule has 5 aromatic rings. The van der Waals surface area contributed by atoms with Crippen molar-refractivity contribution in [3.63, 3.8) is 0 Å². The summed E-state index contributed by atoms with van der Waals surface area (Å²) in [4.78, 5) is 4.98. The van der Waals surface area contributed by atoms with Crippen LogP contribution in [0, 0.1) is 0 Å². The van der Waals surface area contributed by atoms with Crippen molar-refractivity contribution in [3.05, 3.63) is 132 Å². The second-order valence-corrected chi connectivity index (χ2v) is 9.08. The van der Waals surface area contributed by atoms with Crippen LogP contribution in [0.3, 0.4) is 0 Å². The number of nitrogens with zero attached hydrogens (tertiary/aromatic N) is 2. The van der Waals surface area contributed by atoms with E-state index in [1.54, 1.807) is 0 Å². The summed E-state index contributed by atoms with van der Waals surface area (Å²) in [5.41, 5.74) is 6.27. The van der Waals surface area contributed by atoms with Gasteiger partial charge >= 0.3 is 0 Å². The Morgan fingerprint density at radius 3 is 1.77 bits per heavy atom. The van der Waals surface area contributed by atoms with Crippen molar-refractivity contribution in [2.75, 3.05) is 11.9 Å². The van der Waals surface area contributed by atoms with Crippen LogP contribution in [0.25, 0.3) is 11.0 Å². The van der Waals surface area contributed by atoms with Crippen LogP contribution in [0.15, 0.2) is 116 Å². The Kier molecular flexibility index (Phi) is 6.94. The van der Waals surface area contributed by atoms with Gasteiger partial charge in [0.1, 0.15) is 11.1 Å². The first-order valence-electron chi connectivity index (χ1n) is 12.7. The molecular formula is C32H33N3. The lowest BCUT2D eigenvalue weighted by molar-refractivity contribution is 0.529. The number of unbranched alkanes of at least 4 members (excludes halogenated alkanes) is 3. The quantitative estimate of drug-likeness (QED) is 0.170. The van der Waals surface area contributed by atoms with Gasteiger partial charge in [-0.05, 0) is 35.2 Å². The average Bonchev–Trinajstić information content (AvgIpc) is 3.36. The maximum atomic E-state index is 4.98. The summed E-state index contributed by atoms with van der Waals surface area (Å²) >= 11 is 0. The number of rotatable bonds is 10. The molecule has 0 amide bonds. The van der Waals surface area contributed by atoms with E-state index in [0.717, 1.165) is 23.3 Å². The molecule has 0 aliphatic heterocycles. The molecule has 35 heavy (non-hydrogen) atoms. The van der Waals surface area contributed by atoms with E-state index < -0.39 is 5.54 Å². The van der Waals surface area contributed by atoms with Gasteiger partial charge in [0.2, 0.25) is 0 Å². The molecular weight excluding hydrogens is 426 g/mol. The number of anilines is 1. The lowest BCUT2D eigenvalue weighted by Crippen LogP contribution is -2.37. The van der Waals surface area contributed by atoms with Gasteiger partial charge in [-0.3, -0.25) is 0 Å². The van der Waals surface area contributed by atoms with Gasteiger partial charge in [0, 0.05) is 6.54 Å². The summed E-state index contributed by atoms with van der Waals surface area (Å²) in [5.74, 6) is 0. The highest BCUT2D eigenvalue weighted by Crippen LogP contribution is 2.43. The van der Waals surface area contributed by atoms with E-state index in [4.69, 9.17) is 4.98 Å². The topological polar surface area (TPSA) is 29.9 Å². The fourth-order valence-electron chi connectivity index (χ4n) is 5.18. The van der Waals surface area contributed by atoms with Gasteiger partial charge in [-0.25, -0.2) is 4.98 Å². The molecule has 0 aliphatic carbocycles. The molecule has 0 bridgehead atoms. The highest BCUT2D eigenvalue weighted by molar-refractivity contribution is 5.89. The largest absolute Gasteiger partial charge is 0.383 e. The molecule has 176 valence electrons. The maximum absolute atomic E-state index is 4.98. The molecule has 0 spiro atoms. The van der Waals surface area contributed by atoms with Crippen molar-refractivity contribution in [1.29, 1.82) is 0 Å². The van der Waals surface area contributed by atoms with Crippen molar-refractivity contribution in [2.24, 2.45) is 0 Å². The molecule has 0 saturated heterocycles. The van der Waals surface area contributed by atoms with Crippen LogP contribution in [-0.2, 0) is 5.54 Å². The van der Waals surface area contributed by atoms with E-state index in [1.807, 2.05) is 6.33 Å². The smallest absolute Gasteiger partial charge is 0.122 e. The van der Waals surface area contributed by atoms with E-state index in [9.17, 15) is 0 Å².